The molecule has 0 saturated heterocycles. The molecular formula is C12H26N2O2S. The van der Waals surface area contributed by atoms with Crippen LogP contribution in [0.1, 0.15) is 39.5 Å². The third kappa shape index (κ3) is 7.01. The molecule has 1 aliphatic rings. The van der Waals surface area contributed by atoms with E-state index in [1.807, 2.05) is 0 Å². The van der Waals surface area contributed by atoms with Crippen LogP contribution in [0.15, 0.2) is 0 Å². The zero-order valence-electron chi connectivity index (χ0n) is 11.2. The van der Waals surface area contributed by atoms with Gasteiger partial charge in [-0.15, -0.1) is 0 Å². The molecule has 1 rings (SSSR count). The average Bonchev–Trinajstić information content (AvgIpc) is 2.13. The van der Waals surface area contributed by atoms with Crippen LogP contribution in [-0.2, 0) is 10.0 Å². The summed E-state index contributed by atoms with van der Waals surface area (Å²) >= 11 is 0. The Bertz CT molecular complexity index is 306. The fourth-order valence-corrected chi connectivity index (χ4v) is 3.28. The first kappa shape index (κ1) is 14.9. The van der Waals surface area contributed by atoms with Crippen LogP contribution in [0.25, 0.3) is 0 Å². The SMILES string of the molecule is CC1CC(C)CC(NCCCNS(C)(=O)=O)C1. The molecule has 0 aliphatic heterocycles. The molecule has 0 amide bonds. The predicted octanol–water partition coefficient (Wildman–Crippen LogP) is 1.34. The Morgan fingerprint density at radius 3 is 2.18 bits per heavy atom. The Balaban J connectivity index is 2.10. The Labute approximate surface area is 106 Å². The first-order chi connectivity index (χ1) is 7.87. The standard InChI is InChI=1S/C12H26N2O2S/c1-10-7-11(2)9-12(8-10)13-5-4-6-14-17(3,15)16/h10-14H,4-9H2,1-3H3. The Morgan fingerprint density at radius 1 is 1.06 bits per heavy atom. The van der Waals surface area contributed by atoms with Crippen molar-refractivity contribution in [2.75, 3.05) is 19.3 Å². The Hall–Kier alpha value is -0.130. The summed E-state index contributed by atoms with van der Waals surface area (Å²) in [7, 11) is -3.02. The molecule has 0 aromatic heterocycles. The van der Waals surface area contributed by atoms with Crippen LogP contribution in [0.3, 0.4) is 0 Å². The van der Waals surface area contributed by atoms with Crippen molar-refractivity contribution in [2.45, 2.75) is 45.6 Å². The largest absolute Gasteiger partial charge is 0.314 e. The first-order valence-electron chi connectivity index (χ1n) is 6.55. The van der Waals surface area contributed by atoms with Gasteiger partial charge in [0, 0.05) is 12.6 Å². The van der Waals surface area contributed by atoms with Crippen LogP contribution >= 0.6 is 0 Å². The van der Waals surface area contributed by atoms with Crippen molar-refractivity contribution < 1.29 is 8.42 Å². The second-order valence-corrected chi connectivity index (χ2v) is 7.42. The van der Waals surface area contributed by atoms with Gasteiger partial charge < -0.3 is 5.32 Å². The van der Waals surface area contributed by atoms with Gasteiger partial charge in [-0.2, -0.15) is 0 Å². The van der Waals surface area contributed by atoms with E-state index in [9.17, 15) is 8.42 Å². The highest BCUT2D eigenvalue weighted by atomic mass is 32.2. The molecule has 1 fully saturated rings. The molecule has 2 atom stereocenters. The zero-order valence-corrected chi connectivity index (χ0v) is 12.0. The monoisotopic (exact) mass is 262 g/mol. The number of sulfonamides is 1. The summed E-state index contributed by atoms with van der Waals surface area (Å²) < 4.78 is 24.2. The van der Waals surface area contributed by atoms with Gasteiger partial charge in [0.15, 0.2) is 0 Å². The number of hydrogen-bond donors (Lipinski definition) is 2. The molecule has 0 aromatic carbocycles. The minimum atomic E-state index is -3.02. The summed E-state index contributed by atoms with van der Waals surface area (Å²) in [5.74, 6) is 1.62. The molecule has 1 aliphatic carbocycles. The van der Waals surface area contributed by atoms with E-state index in [0.29, 0.717) is 12.6 Å². The summed E-state index contributed by atoms with van der Waals surface area (Å²) in [5, 5.41) is 3.53. The third-order valence-electron chi connectivity index (χ3n) is 3.33. The molecular weight excluding hydrogens is 236 g/mol. The van der Waals surface area contributed by atoms with Crippen molar-refractivity contribution in [3.63, 3.8) is 0 Å². The lowest BCUT2D eigenvalue weighted by Crippen LogP contribution is -2.37. The normalized spacial score (nSPS) is 30.4. The summed E-state index contributed by atoms with van der Waals surface area (Å²) in [4.78, 5) is 0. The molecule has 1 saturated carbocycles. The maximum absolute atomic E-state index is 10.9. The number of nitrogens with one attached hydrogen (secondary N) is 2. The summed E-state index contributed by atoms with van der Waals surface area (Å²) in [5.41, 5.74) is 0. The molecule has 5 heteroatoms. The van der Waals surface area contributed by atoms with Crippen molar-refractivity contribution in [1.82, 2.24) is 10.0 Å². The lowest BCUT2D eigenvalue weighted by atomic mass is 9.80. The Morgan fingerprint density at radius 2 is 1.65 bits per heavy atom. The fourth-order valence-electron chi connectivity index (χ4n) is 2.77. The van der Waals surface area contributed by atoms with Gasteiger partial charge in [0.25, 0.3) is 0 Å². The van der Waals surface area contributed by atoms with Gasteiger partial charge in [-0.25, -0.2) is 13.1 Å². The number of hydrogen-bond acceptors (Lipinski definition) is 3. The average molecular weight is 262 g/mol. The van der Waals surface area contributed by atoms with E-state index in [-0.39, 0.29) is 0 Å². The Kier molecular flexibility index (Phi) is 5.89. The lowest BCUT2D eigenvalue weighted by molar-refractivity contribution is 0.239. The minimum absolute atomic E-state index is 0.531. The van der Waals surface area contributed by atoms with Crippen LogP contribution in [0.5, 0.6) is 0 Å². The second kappa shape index (κ2) is 6.71. The van der Waals surface area contributed by atoms with E-state index in [1.165, 1.54) is 25.5 Å². The van der Waals surface area contributed by atoms with Crippen LogP contribution in [-0.4, -0.2) is 33.8 Å². The fraction of sp³-hybridized carbons (Fsp3) is 1.00. The lowest BCUT2D eigenvalue weighted by Gasteiger charge is -2.32. The topological polar surface area (TPSA) is 58.2 Å². The van der Waals surface area contributed by atoms with Crippen molar-refractivity contribution >= 4 is 10.0 Å². The predicted molar refractivity (Wildman–Crippen MR) is 71.4 cm³/mol. The highest BCUT2D eigenvalue weighted by Gasteiger charge is 2.22. The molecule has 0 radical (unpaired) electrons. The molecule has 2 unspecified atom stereocenters. The van der Waals surface area contributed by atoms with Crippen LogP contribution in [0, 0.1) is 11.8 Å². The smallest absolute Gasteiger partial charge is 0.208 e. The van der Waals surface area contributed by atoms with E-state index in [0.717, 1.165) is 24.8 Å². The summed E-state index contributed by atoms with van der Waals surface area (Å²) in [6.07, 6.45) is 5.90. The molecule has 0 bridgehead atoms. The zero-order chi connectivity index (χ0) is 12.9. The summed E-state index contributed by atoms with van der Waals surface area (Å²) in [6.45, 7) is 6.06. The van der Waals surface area contributed by atoms with E-state index >= 15 is 0 Å². The molecule has 0 aromatic rings. The second-order valence-electron chi connectivity index (χ2n) is 5.59. The van der Waals surface area contributed by atoms with E-state index in [4.69, 9.17) is 0 Å². The van der Waals surface area contributed by atoms with Crippen LogP contribution < -0.4 is 10.0 Å². The maximum atomic E-state index is 10.9. The maximum Gasteiger partial charge on any atom is 0.208 e. The highest BCUT2D eigenvalue weighted by molar-refractivity contribution is 7.88. The van der Waals surface area contributed by atoms with Gasteiger partial charge in [-0.05, 0) is 44.1 Å². The van der Waals surface area contributed by atoms with Crippen molar-refractivity contribution in [2.24, 2.45) is 11.8 Å². The molecule has 4 nitrogen and oxygen atoms in total. The van der Waals surface area contributed by atoms with Crippen LogP contribution in [0.2, 0.25) is 0 Å². The van der Waals surface area contributed by atoms with Gasteiger partial charge in [0.05, 0.1) is 6.26 Å². The first-order valence-corrected chi connectivity index (χ1v) is 8.44. The van der Waals surface area contributed by atoms with E-state index in [1.54, 1.807) is 0 Å². The minimum Gasteiger partial charge on any atom is -0.314 e. The van der Waals surface area contributed by atoms with Crippen molar-refractivity contribution in [3.05, 3.63) is 0 Å². The van der Waals surface area contributed by atoms with E-state index < -0.39 is 10.0 Å². The van der Waals surface area contributed by atoms with Gasteiger partial charge in [0.1, 0.15) is 0 Å². The molecule has 17 heavy (non-hydrogen) atoms. The number of rotatable bonds is 6. The van der Waals surface area contributed by atoms with Crippen molar-refractivity contribution in [3.8, 4) is 0 Å². The molecule has 0 heterocycles. The van der Waals surface area contributed by atoms with Gasteiger partial charge in [-0.1, -0.05) is 13.8 Å². The summed E-state index contributed by atoms with van der Waals surface area (Å²) in [6, 6.07) is 0.618. The van der Waals surface area contributed by atoms with E-state index in [2.05, 4.69) is 23.9 Å². The molecule has 102 valence electrons. The van der Waals surface area contributed by atoms with Gasteiger partial charge >= 0.3 is 0 Å². The van der Waals surface area contributed by atoms with Gasteiger partial charge in [-0.3, -0.25) is 0 Å². The molecule has 2 N–H and O–H groups in total. The van der Waals surface area contributed by atoms with Crippen molar-refractivity contribution in [1.29, 1.82) is 0 Å². The third-order valence-corrected chi connectivity index (χ3v) is 4.06. The van der Waals surface area contributed by atoms with Crippen LogP contribution in [0.4, 0.5) is 0 Å². The highest BCUT2D eigenvalue weighted by Crippen LogP contribution is 2.28. The quantitative estimate of drug-likeness (QED) is 0.710. The van der Waals surface area contributed by atoms with Gasteiger partial charge in [0.2, 0.25) is 10.0 Å². The molecule has 0 spiro atoms.